The van der Waals surface area contributed by atoms with Gasteiger partial charge in [0.05, 0.1) is 24.3 Å². The summed E-state index contributed by atoms with van der Waals surface area (Å²) in [4.78, 5) is 13.7. The minimum Gasteiger partial charge on any atom is -0.494 e. The molecule has 0 aliphatic rings. The quantitative estimate of drug-likeness (QED) is 0.733. The minimum atomic E-state index is -3.66. The van der Waals surface area contributed by atoms with Crippen LogP contribution in [0.2, 0.25) is 0 Å². The molecule has 0 unspecified atom stereocenters. The van der Waals surface area contributed by atoms with Crippen LogP contribution in [-0.2, 0) is 21.4 Å². The summed E-state index contributed by atoms with van der Waals surface area (Å²) < 4.78 is 37.3. The molecule has 1 aromatic heterocycles. The zero-order valence-electron chi connectivity index (χ0n) is 14.3. The number of rotatable bonds is 9. The molecule has 2 aromatic rings. The fourth-order valence-corrected chi connectivity index (χ4v) is 3.20. The molecular formula is C17H22N2O5S. The number of ether oxygens (including phenoxy) is 1. The molecule has 1 N–H and O–H groups in total. The molecule has 1 heterocycles. The lowest BCUT2D eigenvalue weighted by Gasteiger charge is -2.16. The van der Waals surface area contributed by atoms with E-state index in [0.29, 0.717) is 24.7 Å². The number of carbonyl (C=O) groups is 1. The van der Waals surface area contributed by atoms with Crippen molar-refractivity contribution in [1.29, 1.82) is 0 Å². The lowest BCUT2D eigenvalue weighted by molar-refractivity contribution is -0.130. The molecule has 0 fully saturated rings. The number of carbonyl (C=O) groups excluding carboxylic acids is 1. The summed E-state index contributed by atoms with van der Waals surface area (Å²) in [5.41, 5.74) is 0. The Hall–Kier alpha value is -2.32. The van der Waals surface area contributed by atoms with E-state index in [9.17, 15) is 13.2 Å². The normalized spacial score (nSPS) is 11.3. The van der Waals surface area contributed by atoms with E-state index in [-0.39, 0.29) is 23.8 Å². The van der Waals surface area contributed by atoms with Crippen LogP contribution in [0.3, 0.4) is 0 Å². The van der Waals surface area contributed by atoms with Crippen molar-refractivity contribution in [2.75, 3.05) is 20.2 Å². The SMILES string of the molecule is CCOc1ccc(S(=O)(=O)NCCC(=O)N(C)Cc2ccco2)cc1. The number of benzene rings is 1. The number of nitrogens with zero attached hydrogens (tertiary/aromatic N) is 1. The maximum Gasteiger partial charge on any atom is 0.240 e. The smallest absolute Gasteiger partial charge is 0.240 e. The van der Waals surface area contributed by atoms with E-state index in [4.69, 9.17) is 9.15 Å². The van der Waals surface area contributed by atoms with Gasteiger partial charge in [0.1, 0.15) is 11.5 Å². The second-order valence-corrected chi connectivity index (χ2v) is 7.15. The lowest BCUT2D eigenvalue weighted by Crippen LogP contribution is -2.31. The molecule has 0 aliphatic heterocycles. The predicted molar refractivity (Wildman–Crippen MR) is 92.6 cm³/mol. The molecule has 0 aliphatic carbocycles. The molecule has 0 atom stereocenters. The first-order chi connectivity index (χ1) is 11.9. The van der Waals surface area contributed by atoms with Crippen LogP contribution in [0.4, 0.5) is 0 Å². The summed E-state index contributed by atoms with van der Waals surface area (Å²) >= 11 is 0. The highest BCUT2D eigenvalue weighted by molar-refractivity contribution is 7.89. The van der Waals surface area contributed by atoms with Gasteiger partial charge in [-0.25, -0.2) is 13.1 Å². The summed E-state index contributed by atoms with van der Waals surface area (Å²) in [6, 6.07) is 9.66. The van der Waals surface area contributed by atoms with Crippen molar-refractivity contribution in [3.8, 4) is 5.75 Å². The average molecular weight is 366 g/mol. The molecule has 7 nitrogen and oxygen atoms in total. The summed E-state index contributed by atoms with van der Waals surface area (Å²) in [5, 5.41) is 0. The maximum atomic E-state index is 12.2. The van der Waals surface area contributed by atoms with Gasteiger partial charge in [-0.15, -0.1) is 0 Å². The third-order valence-electron chi connectivity index (χ3n) is 3.47. The minimum absolute atomic E-state index is 0.0247. The Kier molecular flexibility index (Phi) is 6.60. The predicted octanol–water partition coefficient (Wildman–Crippen LogP) is 2.01. The van der Waals surface area contributed by atoms with Gasteiger partial charge in [-0.3, -0.25) is 4.79 Å². The maximum absolute atomic E-state index is 12.2. The third-order valence-corrected chi connectivity index (χ3v) is 4.95. The molecule has 0 spiro atoms. The average Bonchev–Trinajstić information content (AvgIpc) is 3.08. The van der Waals surface area contributed by atoms with Gasteiger partial charge in [-0.05, 0) is 43.3 Å². The van der Waals surface area contributed by atoms with Gasteiger partial charge >= 0.3 is 0 Å². The number of furan rings is 1. The van der Waals surface area contributed by atoms with E-state index in [0.717, 1.165) is 0 Å². The van der Waals surface area contributed by atoms with Gasteiger partial charge < -0.3 is 14.1 Å². The number of hydrogen-bond donors (Lipinski definition) is 1. The number of nitrogens with one attached hydrogen (secondary N) is 1. The molecule has 1 amide bonds. The van der Waals surface area contributed by atoms with Crippen LogP contribution in [0.1, 0.15) is 19.1 Å². The zero-order valence-corrected chi connectivity index (χ0v) is 15.1. The third kappa shape index (κ3) is 5.61. The van der Waals surface area contributed by atoms with Crippen LogP contribution in [0.5, 0.6) is 5.75 Å². The first-order valence-electron chi connectivity index (χ1n) is 7.91. The van der Waals surface area contributed by atoms with Crippen molar-refractivity contribution in [1.82, 2.24) is 9.62 Å². The highest BCUT2D eigenvalue weighted by Crippen LogP contribution is 2.15. The fourth-order valence-electron chi connectivity index (χ4n) is 2.17. The van der Waals surface area contributed by atoms with Crippen molar-refractivity contribution in [2.24, 2.45) is 0 Å². The van der Waals surface area contributed by atoms with Crippen LogP contribution in [0.25, 0.3) is 0 Å². The van der Waals surface area contributed by atoms with Crippen molar-refractivity contribution in [3.05, 3.63) is 48.4 Å². The molecule has 2 rings (SSSR count). The van der Waals surface area contributed by atoms with Crippen LogP contribution in [0, 0.1) is 0 Å². The van der Waals surface area contributed by atoms with E-state index >= 15 is 0 Å². The molecule has 8 heteroatoms. The Morgan fingerprint density at radius 3 is 2.56 bits per heavy atom. The Bertz CT molecular complexity index is 770. The van der Waals surface area contributed by atoms with E-state index in [2.05, 4.69) is 4.72 Å². The highest BCUT2D eigenvalue weighted by atomic mass is 32.2. The van der Waals surface area contributed by atoms with Gasteiger partial charge in [-0.1, -0.05) is 0 Å². The Labute approximate surface area is 147 Å². The Balaban J connectivity index is 1.83. The Morgan fingerprint density at radius 1 is 1.24 bits per heavy atom. The van der Waals surface area contributed by atoms with Crippen molar-refractivity contribution in [3.63, 3.8) is 0 Å². The topological polar surface area (TPSA) is 88.8 Å². The molecule has 0 saturated carbocycles. The largest absolute Gasteiger partial charge is 0.494 e. The summed E-state index contributed by atoms with van der Waals surface area (Å²) in [5.74, 6) is 1.10. The van der Waals surface area contributed by atoms with E-state index in [1.54, 1.807) is 37.6 Å². The lowest BCUT2D eigenvalue weighted by atomic mass is 10.3. The van der Waals surface area contributed by atoms with Gasteiger partial charge in [-0.2, -0.15) is 0 Å². The second kappa shape index (κ2) is 8.68. The standard InChI is InChI=1S/C17H22N2O5S/c1-3-23-14-6-8-16(9-7-14)25(21,22)18-11-10-17(20)19(2)13-15-5-4-12-24-15/h4-9,12,18H,3,10-11,13H2,1-2H3. The number of amides is 1. The van der Waals surface area contributed by atoms with Crippen molar-refractivity contribution in [2.45, 2.75) is 24.8 Å². The summed E-state index contributed by atoms with van der Waals surface area (Å²) in [6.07, 6.45) is 1.60. The first-order valence-corrected chi connectivity index (χ1v) is 9.39. The molecular weight excluding hydrogens is 344 g/mol. The van der Waals surface area contributed by atoms with Crippen molar-refractivity contribution >= 4 is 15.9 Å². The molecule has 1 aromatic carbocycles. The van der Waals surface area contributed by atoms with Gasteiger partial charge in [0.2, 0.25) is 15.9 Å². The fraction of sp³-hybridized carbons (Fsp3) is 0.353. The van der Waals surface area contributed by atoms with Crippen LogP contribution >= 0.6 is 0 Å². The number of hydrogen-bond acceptors (Lipinski definition) is 5. The summed E-state index contributed by atoms with van der Waals surface area (Å²) in [6.45, 7) is 2.73. The van der Waals surface area contributed by atoms with Gasteiger partial charge in [0, 0.05) is 20.0 Å². The van der Waals surface area contributed by atoms with E-state index < -0.39 is 10.0 Å². The van der Waals surface area contributed by atoms with Crippen LogP contribution in [0.15, 0.2) is 52.0 Å². The number of sulfonamides is 1. The Morgan fingerprint density at radius 2 is 1.96 bits per heavy atom. The molecule has 0 radical (unpaired) electrons. The monoisotopic (exact) mass is 366 g/mol. The summed E-state index contributed by atoms with van der Waals surface area (Å²) in [7, 11) is -2.01. The van der Waals surface area contributed by atoms with Crippen LogP contribution < -0.4 is 9.46 Å². The van der Waals surface area contributed by atoms with E-state index in [1.807, 2.05) is 6.92 Å². The molecule has 136 valence electrons. The zero-order chi connectivity index (χ0) is 18.3. The molecule has 0 saturated heterocycles. The highest BCUT2D eigenvalue weighted by Gasteiger charge is 2.16. The van der Waals surface area contributed by atoms with Crippen molar-refractivity contribution < 1.29 is 22.4 Å². The second-order valence-electron chi connectivity index (χ2n) is 5.38. The first kappa shape index (κ1) is 19.0. The molecule has 25 heavy (non-hydrogen) atoms. The van der Waals surface area contributed by atoms with Crippen LogP contribution in [-0.4, -0.2) is 39.4 Å². The van der Waals surface area contributed by atoms with E-state index in [1.165, 1.54) is 17.0 Å². The van der Waals surface area contributed by atoms with Gasteiger partial charge in [0.15, 0.2) is 0 Å². The van der Waals surface area contributed by atoms with Gasteiger partial charge in [0.25, 0.3) is 0 Å². The molecule has 0 bridgehead atoms.